The predicted octanol–water partition coefficient (Wildman–Crippen LogP) is 4.96. The van der Waals surface area contributed by atoms with Gasteiger partial charge in [0, 0.05) is 54.1 Å². The van der Waals surface area contributed by atoms with Crippen molar-refractivity contribution in [1.82, 2.24) is 15.2 Å². The van der Waals surface area contributed by atoms with Crippen molar-refractivity contribution in [1.29, 1.82) is 0 Å². The Bertz CT molecular complexity index is 1170. The second kappa shape index (κ2) is 9.95. The maximum Gasteiger partial charge on any atom is 0.253 e. The van der Waals surface area contributed by atoms with Crippen LogP contribution in [0.3, 0.4) is 0 Å². The van der Waals surface area contributed by atoms with Gasteiger partial charge in [-0.25, -0.2) is 9.37 Å². The van der Waals surface area contributed by atoms with Gasteiger partial charge < -0.3 is 20.7 Å². The lowest BCUT2D eigenvalue weighted by Gasteiger charge is -2.27. The Labute approximate surface area is 201 Å². The maximum atomic E-state index is 13.9. The third kappa shape index (κ3) is 5.05. The molecule has 1 aromatic heterocycles. The Morgan fingerprint density at radius 2 is 1.85 bits per heavy atom. The van der Waals surface area contributed by atoms with Gasteiger partial charge in [0.1, 0.15) is 11.9 Å². The first kappa shape index (κ1) is 23.3. The van der Waals surface area contributed by atoms with Crippen LogP contribution in [0.4, 0.5) is 10.2 Å². The fraction of sp³-hybridized carbons (Fsp3) is 0.250. The smallest absolute Gasteiger partial charge is 0.253 e. The SMILES string of the molecule is C[C@H](Oc1cc(-c2ccc(C(=O)N3CCNCC3)cc2)cnc1N)c1c(Cl)ccc(F)c1Cl. The highest BCUT2D eigenvalue weighted by Gasteiger charge is 2.21. The molecular formula is C24H23Cl2FN4O2. The van der Waals surface area contributed by atoms with E-state index in [1.807, 2.05) is 17.0 Å². The summed E-state index contributed by atoms with van der Waals surface area (Å²) in [6.07, 6.45) is 0.960. The number of halogens is 3. The number of anilines is 1. The van der Waals surface area contributed by atoms with E-state index in [0.29, 0.717) is 35.0 Å². The van der Waals surface area contributed by atoms with Gasteiger partial charge in [0.2, 0.25) is 0 Å². The molecule has 2 aromatic carbocycles. The summed E-state index contributed by atoms with van der Waals surface area (Å²) >= 11 is 12.3. The number of rotatable bonds is 5. The van der Waals surface area contributed by atoms with E-state index < -0.39 is 11.9 Å². The van der Waals surface area contributed by atoms with Gasteiger partial charge in [-0.2, -0.15) is 0 Å². The Hall–Kier alpha value is -2.87. The number of carbonyl (C=O) groups excluding carboxylic acids is 1. The molecule has 1 fully saturated rings. The molecule has 9 heteroatoms. The number of amides is 1. The minimum Gasteiger partial charge on any atom is -0.482 e. The Morgan fingerprint density at radius 1 is 1.15 bits per heavy atom. The van der Waals surface area contributed by atoms with E-state index >= 15 is 0 Å². The highest BCUT2D eigenvalue weighted by molar-refractivity contribution is 6.36. The molecule has 172 valence electrons. The molecule has 6 nitrogen and oxygen atoms in total. The Morgan fingerprint density at radius 3 is 2.55 bits per heavy atom. The van der Waals surface area contributed by atoms with Crippen LogP contribution in [-0.2, 0) is 0 Å². The monoisotopic (exact) mass is 488 g/mol. The van der Waals surface area contributed by atoms with Crippen molar-refractivity contribution in [3.63, 3.8) is 0 Å². The highest BCUT2D eigenvalue weighted by Crippen LogP contribution is 2.37. The van der Waals surface area contributed by atoms with Crippen LogP contribution in [-0.4, -0.2) is 42.0 Å². The maximum absolute atomic E-state index is 13.9. The normalized spacial score (nSPS) is 14.7. The molecule has 2 heterocycles. The largest absolute Gasteiger partial charge is 0.482 e. The lowest BCUT2D eigenvalue weighted by Crippen LogP contribution is -2.46. The quantitative estimate of drug-likeness (QED) is 0.496. The molecule has 3 N–H and O–H groups in total. The van der Waals surface area contributed by atoms with Crippen molar-refractivity contribution in [3.05, 3.63) is 75.7 Å². The zero-order valence-corrected chi connectivity index (χ0v) is 19.5. The van der Waals surface area contributed by atoms with Crippen molar-refractivity contribution in [2.45, 2.75) is 13.0 Å². The zero-order chi connectivity index (χ0) is 23.5. The van der Waals surface area contributed by atoms with Crippen LogP contribution in [0, 0.1) is 5.82 Å². The molecule has 0 saturated carbocycles. The number of carbonyl (C=O) groups is 1. The minimum absolute atomic E-state index is 0.0141. The third-order valence-electron chi connectivity index (χ3n) is 5.54. The highest BCUT2D eigenvalue weighted by atomic mass is 35.5. The molecular weight excluding hydrogens is 466 g/mol. The number of hydrogen-bond donors (Lipinski definition) is 2. The first-order valence-electron chi connectivity index (χ1n) is 10.5. The summed E-state index contributed by atoms with van der Waals surface area (Å²) in [5.41, 5.74) is 8.58. The predicted molar refractivity (Wildman–Crippen MR) is 128 cm³/mol. The van der Waals surface area contributed by atoms with Gasteiger partial charge in [-0.3, -0.25) is 4.79 Å². The van der Waals surface area contributed by atoms with Crippen molar-refractivity contribution >= 4 is 34.9 Å². The molecule has 1 amide bonds. The topological polar surface area (TPSA) is 80.5 Å². The molecule has 0 unspecified atom stereocenters. The summed E-state index contributed by atoms with van der Waals surface area (Å²) in [5, 5.41) is 3.44. The van der Waals surface area contributed by atoms with Gasteiger partial charge in [0.15, 0.2) is 11.6 Å². The van der Waals surface area contributed by atoms with E-state index in [9.17, 15) is 9.18 Å². The Balaban J connectivity index is 1.55. The number of piperazine rings is 1. The zero-order valence-electron chi connectivity index (χ0n) is 17.9. The number of hydrogen-bond acceptors (Lipinski definition) is 5. The van der Waals surface area contributed by atoms with Crippen LogP contribution in [0.2, 0.25) is 10.0 Å². The lowest BCUT2D eigenvalue weighted by molar-refractivity contribution is 0.0736. The number of benzene rings is 2. The molecule has 4 rings (SSSR count). The van der Waals surface area contributed by atoms with Crippen molar-refractivity contribution in [2.24, 2.45) is 0 Å². The van der Waals surface area contributed by atoms with Crippen molar-refractivity contribution < 1.29 is 13.9 Å². The van der Waals surface area contributed by atoms with Gasteiger partial charge >= 0.3 is 0 Å². The molecule has 1 aliphatic heterocycles. The molecule has 0 bridgehead atoms. The fourth-order valence-electron chi connectivity index (χ4n) is 3.73. The molecule has 3 aromatic rings. The average Bonchev–Trinajstić information content (AvgIpc) is 2.83. The van der Waals surface area contributed by atoms with Gasteiger partial charge in [0.25, 0.3) is 5.91 Å². The first-order chi connectivity index (χ1) is 15.8. The van der Waals surface area contributed by atoms with E-state index in [0.717, 1.165) is 24.2 Å². The summed E-state index contributed by atoms with van der Waals surface area (Å²) in [6, 6.07) is 11.7. The number of nitrogens with zero attached hydrogens (tertiary/aromatic N) is 2. The van der Waals surface area contributed by atoms with Crippen LogP contribution >= 0.6 is 23.2 Å². The van der Waals surface area contributed by atoms with Crippen LogP contribution in [0.25, 0.3) is 11.1 Å². The fourth-order valence-corrected chi connectivity index (χ4v) is 4.41. The summed E-state index contributed by atoms with van der Waals surface area (Å²) in [6.45, 7) is 4.69. The molecule has 0 spiro atoms. The van der Waals surface area contributed by atoms with Gasteiger partial charge in [-0.1, -0.05) is 35.3 Å². The summed E-state index contributed by atoms with van der Waals surface area (Å²) < 4.78 is 19.9. The number of nitrogens with one attached hydrogen (secondary N) is 1. The van der Waals surface area contributed by atoms with Crippen LogP contribution < -0.4 is 15.8 Å². The van der Waals surface area contributed by atoms with Gasteiger partial charge in [0.05, 0.1) is 5.02 Å². The molecule has 0 radical (unpaired) electrons. The number of aromatic nitrogens is 1. The van der Waals surface area contributed by atoms with Crippen LogP contribution in [0.15, 0.2) is 48.7 Å². The van der Waals surface area contributed by atoms with E-state index in [4.69, 9.17) is 33.7 Å². The van der Waals surface area contributed by atoms with E-state index in [-0.39, 0.29) is 16.7 Å². The van der Waals surface area contributed by atoms with E-state index in [1.165, 1.54) is 12.1 Å². The molecule has 33 heavy (non-hydrogen) atoms. The molecule has 1 atom stereocenters. The lowest BCUT2D eigenvalue weighted by atomic mass is 10.0. The van der Waals surface area contributed by atoms with E-state index in [1.54, 1.807) is 31.3 Å². The van der Waals surface area contributed by atoms with Crippen molar-refractivity contribution in [3.8, 4) is 16.9 Å². The summed E-state index contributed by atoms with van der Waals surface area (Å²) in [5.74, 6) is -0.0703. The van der Waals surface area contributed by atoms with Gasteiger partial charge in [-0.05, 0) is 42.8 Å². The summed E-state index contributed by atoms with van der Waals surface area (Å²) in [7, 11) is 0. The second-order valence-electron chi connectivity index (χ2n) is 7.74. The number of nitrogen functional groups attached to an aromatic ring is 1. The number of nitrogens with two attached hydrogens (primary N) is 1. The molecule has 1 saturated heterocycles. The van der Waals surface area contributed by atoms with Crippen LogP contribution in [0.1, 0.15) is 28.9 Å². The third-order valence-corrected chi connectivity index (χ3v) is 6.25. The summed E-state index contributed by atoms with van der Waals surface area (Å²) in [4.78, 5) is 18.7. The van der Waals surface area contributed by atoms with E-state index in [2.05, 4.69) is 10.3 Å². The molecule has 0 aliphatic carbocycles. The number of pyridine rings is 1. The molecule has 1 aliphatic rings. The van der Waals surface area contributed by atoms with Gasteiger partial charge in [-0.15, -0.1) is 0 Å². The van der Waals surface area contributed by atoms with Crippen molar-refractivity contribution in [2.75, 3.05) is 31.9 Å². The number of ether oxygens (including phenoxy) is 1. The first-order valence-corrected chi connectivity index (χ1v) is 11.3. The minimum atomic E-state index is -0.668. The van der Waals surface area contributed by atoms with Crippen LogP contribution in [0.5, 0.6) is 5.75 Å². The Kier molecular flexibility index (Phi) is 7.02. The average molecular weight is 489 g/mol. The second-order valence-corrected chi connectivity index (χ2v) is 8.53. The standard InChI is InChI=1S/C24H23Cl2FN4O2/c1-14(21-18(25)6-7-19(27)22(21)26)33-20-12-17(13-30-23(20)28)15-2-4-16(5-3-15)24(32)31-10-8-29-9-11-31/h2-7,12-14,29H,8-11H2,1H3,(H2,28,30)/t14-/m0/s1.